The van der Waals surface area contributed by atoms with Gasteiger partial charge in [-0.2, -0.15) is 0 Å². The van der Waals surface area contributed by atoms with Crippen molar-refractivity contribution in [1.29, 1.82) is 0 Å². The molecule has 3 fully saturated rings. The lowest BCUT2D eigenvalue weighted by molar-refractivity contribution is 0.448. The van der Waals surface area contributed by atoms with Crippen LogP contribution >= 0.6 is 10.0 Å². The Morgan fingerprint density at radius 3 is 2.16 bits per heavy atom. The van der Waals surface area contributed by atoms with Gasteiger partial charge >= 0.3 is 0 Å². The van der Waals surface area contributed by atoms with Crippen LogP contribution in [0.5, 0.6) is 0 Å². The molecular weight excluding hydrogens is 425 g/mol. The average molecular weight is 447 g/mol. The molecule has 3 aliphatic rings. The zero-order valence-electron chi connectivity index (χ0n) is 17.5. The van der Waals surface area contributed by atoms with E-state index in [2.05, 4.69) is 43.3 Å². The Kier molecular flexibility index (Phi) is 3.64. The summed E-state index contributed by atoms with van der Waals surface area (Å²) in [5, 5.41) is 5.64. The molecule has 0 aromatic heterocycles. The zero-order valence-corrected chi connectivity index (χ0v) is 18.4. The van der Waals surface area contributed by atoms with Gasteiger partial charge in [0.05, 0.1) is 0 Å². The molecule has 0 bridgehead atoms. The van der Waals surface area contributed by atoms with E-state index in [1.807, 2.05) is 18.2 Å². The van der Waals surface area contributed by atoms with E-state index in [9.17, 15) is 13.2 Å². The molecule has 4 aromatic rings. The molecule has 4 aromatic carbocycles. The third-order valence-electron chi connectivity index (χ3n) is 7.70. The Hall–Kier alpha value is -2.72. The monoisotopic (exact) mass is 446 g/mol. The number of hydrogen-bond acceptors (Lipinski definition) is 0. The Bertz CT molecular complexity index is 1440. The summed E-state index contributed by atoms with van der Waals surface area (Å²) in [4.78, 5) is 0. The highest BCUT2D eigenvalue weighted by molar-refractivity contribution is 8.53. The van der Waals surface area contributed by atoms with Crippen LogP contribution in [0.1, 0.15) is 23.3 Å². The first-order valence-electron chi connectivity index (χ1n) is 11.1. The molecule has 0 radical (unpaired) electrons. The average Bonchev–Trinajstić information content (AvgIpc) is 3.74. The highest BCUT2D eigenvalue weighted by Crippen LogP contribution is 3.14. The van der Waals surface area contributed by atoms with Crippen LogP contribution in [0, 0.1) is 17.5 Å². The van der Waals surface area contributed by atoms with E-state index in [4.69, 9.17) is 0 Å². The molecule has 0 saturated carbocycles. The second-order valence-electron chi connectivity index (χ2n) is 9.30. The maximum absolute atomic E-state index is 13.7. The first-order valence-corrected chi connectivity index (χ1v) is 13.1. The Balaban J connectivity index is 1.25. The summed E-state index contributed by atoms with van der Waals surface area (Å²) in [7, 11) is -0.109. The standard InChI is InChI=1S/C28H21F3S/c1-2-15-9-18(21-12-23(29)26(31)24(30)13-21)7-8-22(15)19-5-3-17-11-20(6-4-16(17)10-19)27-28-25-14-32(25,27)28/h3-13,25,27-28H,2,14H2,1H3. The van der Waals surface area contributed by atoms with Crippen LogP contribution in [-0.4, -0.2) is 16.3 Å². The van der Waals surface area contributed by atoms with Crippen LogP contribution in [0.25, 0.3) is 33.0 Å². The lowest BCUT2D eigenvalue weighted by Gasteiger charge is -2.13. The van der Waals surface area contributed by atoms with E-state index < -0.39 is 17.5 Å². The fourth-order valence-corrected chi connectivity index (χ4v) is 10.8. The molecule has 32 heavy (non-hydrogen) atoms. The third kappa shape index (κ3) is 2.47. The molecule has 4 heteroatoms. The smallest absolute Gasteiger partial charge is 0.194 e. The highest BCUT2D eigenvalue weighted by atomic mass is 32.3. The molecule has 160 valence electrons. The fraction of sp³-hybridized carbons (Fsp3) is 0.214. The van der Waals surface area contributed by atoms with Crippen molar-refractivity contribution >= 4 is 20.8 Å². The molecule has 3 saturated heterocycles. The topological polar surface area (TPSA) is 0 Å². The highest BCUT2D eigenvalue weighted by Gasteiger charge is 2.94. The van der Waals surface area contributed by atoms with Crippen LogP contribution in [0.4, 0.5) is 13.2 Å². The summed E-state index contributed by atoms with van der Waals surface area (Å²) >= 11 is 0. The van der Waals surface area contributed by atoms with Crippen molar-refractivity contribution in [3.63, 3.8) is 0 Å². The molecule has 0 aliphatic carbocycles. The summed E-state index contributed by atoms with van der Waals surface area (Å²) in [6, 6.07) is 21.4. The maximum atomic E-state index is 13.7. The summed E-state index contributed by atoms with van der Waals surface area (Å²) < 4.78 is 40.8. The Morgan fingerprint density at radius 1 is 0.781 bits per heavy atom. The van der Waals surface area contributed by atoms with E-state index in [0.29, 0.717) is 11.1 Å². The molecule has 4 atom stereocenters. The van der Waals surface area contributed by atoms with E-state index in [0.717, 1.165) is 51.0 Å². The Morgan fingerprint density at radius 2 is 1.47 bits per heavy atom. The van der Waals surface area contributed by atoms with Crippen molar-refractivity contribution in [1.82, 2.24) is 0 Å². The van der Waals surface area contributed by atoms with Crippen molar-refractivity contribution in [2.75, 3.05) is 5.75 Å². The van der Waals surface area contributed by atoms with Gasteiger partial charge < -0.3 is 0 Å². The minimum atomic E-state index is -1.43. The van der Waals surface area contributed by atoms with E-state index >= 15 is 0 Å². The molecule has 0 N–H and O–H groups in total. The number of halogens is 3. The van der Waals surface area contributed by atoms with Crippen molar-refractivity contribution in [2.24, 2.45) is 0 Å². The largest absolute Gasteiger partial charge is 0.222 e. The van der Waals surface area contributed by atoms with Crippen LogP contribution in [0.15, 0.2) is 66.7 Å². The molecule has 0 amide bonds. The normalized spacial score (nSPS) is 28.6. The first kappa shape index (κ1) is 18.8. The fourth-order valence-electron chi connectivity index (χ4n) is 5.68. The van der Waals surface area contributed by atoms with Crippen molar-refractivity contribution in [2.45, 2.75) is 29.1 Å². The number of benzene rings is 4. The van der Waals surface area contributed by atoms with Gasteiger partial charge in [0.15, 0.2) is 17.5 Å². The van der Waals surface area contributed by atoms with Gasteiger partial charge in [0.25, 0.3) is 0 Å². The molecule has 1 spiro atoms. The summed E-state index contributed by atoms with van der Waals surface area (Å²) in [5.41, 5.74) is 5.88. The van der Waals surface area contributed by atoms with Crippen LogP contribution in [-0.2, 0) is 6.42 Å². The molecule has 3 aliphatic heterocycles. The van der Waals surface area contributed by atoms with E-state index in [-0.39, 0.29) is 10.0 Å². The third-order valence-corrected chi connectivity index (χ3v) is 12.3. The second-order valence-corrected chi connectivity index (χ2v) is 13.1. The molecular formula is C28H21F3S. The zero-order chi connectivity index (χ0) is 21.8. The summed E-state index contributed by atoms with van der Waals surface area (Å²) in [6.45, 7) is 2.07. The minimum absolute atomic E-state index is 0.109. The molecule has 7 rings (SSSR count). The van der Waals surface area contributed by atoms with Gasteiger partial charge in [-0.15, -0.1) is 0 Å². The van der Waals surface area contributed by atoms with E-state index in [1.54, 1.807) is 0 Å². The molecule has 0 nitrogen and oxygen atoms in total. The number of aryl methyl sites for hydroxylation is 1. The van der Waals surface area contributed by atoms with Gasteiger partial charge in [0.1, 0.15) is 0 Å². The van der Waals surface area contributed by atoms with Gasteiger partial charge in [-0.1, -0.05) is 55.5 Å². The van der Waals surface area contributed by atoms with E-state index in [1.165, 1.54) is 22.1 Å². The quantitative estimate of drug-likeness (QED) is 0.222. The van der Waals surface area contributed by atoms with Crippen LogP contribution < -0.4 is 0 Å². The van der Waals surface area contributed by atoms with Crippen LogP contribution in [0.3, 0.4) is 0 Å². The SMILES string of the molecule is CCc1cc(-c2cc(F)c(F)c(F)c2)ccc1-c1ccc2cc(C3C4C5CS534)ccc2c1. The lowest BCUT2D eigenvalue weighted by Crippen LogP contribution is -1.94. The minimum Gasteiger partial charge on any atom is -0.222 e. The van der Waals surface area contributed by atoms with Crippen LogP contribution in [0.2, 0.25) is 0 Å². The number of hydrogen-bond donors (Lipinski definition) is 0. The van der Waals surface area contributed by atoms with Crippen molar-refractivity contribution < 1.29 is 13.2 Å². The molecule has 3 heterocycles. The first-order chi connectivity index (χ1) is 15.5. The van der Waals surface area contributed by atoms with Gasteiger partial charge in [0.2, 0.25) is 0 Å². The van der Waals surface area contributed by atoms with Gasteiger partial charge in [-0.25, -0.2) is 23.2 Å². The molecule has 4 unspecified atom stereocenters. The maximum Gasteiger partial charge on any atom is 0.194 e. The predicted molar refractivity (Wildman–Crippen MR) is 127 cm³/mol. The Labute approximate surface area is 186 Å². The summed E-state index contributed by atoms with van der Waals surface area (Å²) in [6.07, 6.45) is 0.779. The van der Waals surface area contributed by atoms with Gasteiger partial charge in [0, 0.05) is 15.7 Å². The number of rotatable bonds is 4. The second kappa shape index (κ2) is 6.20. The number of fused-ring (bicyclic) bond motifs is 2. The predicted octanol–water partition coefficient (Wildman–Crippen LogP) is 7.78. The lowest BCUT2D eigenvalue weighted by atomic mass is 9.92. The van der Waals surface area contributed by atoms with Gasteiger partial charge in [-0.05, 0) is 74.5 Å². The van der Waals surface area contributed by atoms with Gasteiger partial charge in [-0.3, -0.25) is 0 Å². The van der Waals surface area contributed by atoms with Crippen molar-refractivity contribution in [3.8, 4) is 22.3 Å². The van der Waals surface area contributed by atoms with Crippen molar-refractivity contribution in [3.05, 3.63) is 95.3 Å². The summed E-state index contributed by atoms with van der Waals surface area (Å²) in [5.74, 6) is -2.24.